The number of hydrogen-bond acceptors (Lipinski definition) is 5. The molecule has 0 radical (unpaired) electrons. The summed E-state index contributed by atoms with van der Waals surface area (Å²) in [7, 11) is 0. The number of nitrogens with one attached hydrogen (secondary N) is 3. The molecule has 11 heteroatoms. The minimum absolute atomic E-state index is 0.107. The van der Waals surface area contributed by atoms with Gasteiger partial charge in [-0.2, -0.15) is 0 Å². The van der Waals surface area contributed by atoms with E-state index in [1.54, 1.807) is 29.2 Å². The summed E-state index contributed by atoms with van der Waals surface area (Å²) in [6.45, 7) is 0.984. The Balaban J connectivity index is 1.15. The topological polar surface area (TPSA) is 131 Å². The maximum atomic E-state index is 15.0. The number of fused-ring (bicyclic) bond motifs is 2. The molecule has 1 fully saturated rings. The van der Waals surface area contributed by atoms with Crippen LogP contribution in [0.2, 0.25) is 0 Å². The summed E-state index contributed by atoms with van der Waals surface area (Å²) in [6, 6.07) is 18.7. The van der Waals surface area contributed by atoms with Crippen molar-refractivity contribution >= 4 is 45.4 Å². The number of aromatic nitrogens is 3. The number of para-hydroxylation sites is 2. The van der Waals surface area contributed by atoms with E-state index in [1.807, 2.05) is 30.3 Å². The summed E-state index contributed by atoms with van der Waals surface area (Å²) < 4.78 is 15.0. The monoisotopic (exact) mass is 552 g/mol. The highest BCUT2D eigenvalue weighted by atomic mass is 19.1. The number of ketones is 1. The van der Waals surface area contributed by atoms with E-state index in [0.717, 1.165) is 17.1 Å². The predicted octanol–water partition coefficient (Wildman–Crippen LogP) is 3.28. The molecule has 0 aliphatic carbocycles. The Morgan fingerprint density at radius 1 is 0.854 bits per heavy atom. The maximum Gasteiger partial charge on any atom is 0.295 e. The van der Waals surface area contributed by atoms with Gasteiger partial charge in [-0.15, -0.1) is 0 Å². The van der Waals surface area contributed by atoms with Crippen LogP contribution in [0.15, 0.2) is 72.9 Å². The Morgan fingerprint density at radius 3 is 2.32 bits per heavy atom. The number of nitrogens with zero attached hydrogens (tertiary/aromatic N) is 3. The molecule has 206 valence electrons. The number of piperazine rings is 1. The van der Waals surface area contributed by atoms with Crippen LogP contribution in [-0.2, 0) is 11.3 Å². The fourth-order valence-electron chi connectivity index (χ4n) is 5.06. The van der Waals surface area contributed by atoms with Crippen molar-refractivity contribution in [3.05, 3.63) is 101 Å². The number of rotatable bonds is 6. The smallest absolute Gasteiger partial charge is 0.295 e. The lowest BCUT2D eigenvalue weighted by Crippen LogP contribution is -2.52. The van der Waals surface area contributed by atoms with Gasteiger partial charge >= 0.3 is 0 Å². The van der Waals surface area contributed by atoms with E-state index in [0.29, 0.717) is 11.4 Å². The Kier molecular flexibility index (Phi) is 6.76. The number of H-pyrrole nitrogens is 2. The van der Waals surface area contributed by atoms with Crippen molar-refractivity contribution in [1.82, 2.24) is 30.1 Å². The Labute approximate surface area is 233 Å². The molecule has 3 heterocycles. The van der Waals surface area contributed by atoms with Gasteiger partial charge in [-0.3, -0.25) is 19.2 Å². The molecule has 3 aromatic carbocycles. The lowest BCUT2D eigenvalue weighted by atomic mass is 10.0. The number of carbonyl (C=O) groups excluding carboxylic acids is 4. The first-order valence-electron chi connectivity index (χ1n) is 13.1. The molecule has 3 amide bonds. The lowest BCUT2D eigenvalue weighted by molar-refractivity contribution is -0.127. The molecule has 0 atom stereocenters. The van der Waals surface area contributed by atoms with E-state index in [-0.39, 0.29) is 60.7 Å². The third kappa shape index (κ3) is 4.93. The van der Waals surface area contributed by atoms with Crippen molar-refractivity contribution in [1.29, 1.82) is 0 Å². The predicted molar refractivity (Wildman–Crippen MR) is 149 cm³/mol. The largest absolute Gasteiger partial charge is 0.360 e. The van der Waals surface area contributed by atoms with Crippen LogP contribution in [0.25, 0.3) is 21.9 Å². The van der Waals surface area contributed by atoms with E-state index in [1.165, 1.54) is 17.2 Å². The molecule has 1 aliphatic rings. The summed E-state index contributed by atoms with van der Waals surface area (Å²) in [5.74, 6) is -2.51. The van der Waals surface area contributed by atoms with Crippen LogP contribution >= 0.6 is 0 Å². The first kappa shape index (κ1) is 25.9. The van der Waals surface area contributed by atoms with Crippen LogP contribution in [0.5, 0.6) is 0 Å². The van der Waals surface area contributed by atoms with Gasteiger partial charge in [0, 0.05) is 43.3 Å². The molecule has 1 aliphatic heterocycles. The summed E-state index contributed by atoms with van der Waals surface area (Å²) >= 11 is 0. The fraction of sp³-hybridized carbons (Fsp3) is 0.167. The van der Waals surface area contributed by atoms with Gasteiger partial charge in [-0.05, 0) is 36.4 Å². The van der Waals surface area contributed by atoms with Gasteiger partial charge in [-0.25, -0.2) is 9.37 Å². The van der Waals surface area contributed by atoms with Crippen molar-refractivity contribution in [3.8, 4) is 0 Å². The summed E-state index contributed by atoms with van der Waals surface area (Å²) in [4.78, 5) is 65.4. The lowest BCUT2D eigenvalue weighted by Gasteiger charge is -2.34. The second-order valence-electron chi connectivity index (χ2n) is 9.71. The highest BCUT2D eigenvalue weighted by Gasteiger charge is 2.31. The molecule has 6 rings (SSSR count). The van der Waals surface area contributed by atoms with E-state index >= 15 is 0 Å². The van der Waals surface area contributed by atoms with Crippen LogP contribution in [0.4, 0.5) is 4.39 Å². The molecule has 2 aromatic heterocycles. The highest BCUT2D eigenvalue weighted by molar-refractivity contribution is 6.45. The second kappa shape index (κ2) is 10.7. The Bertz CT molecular complexity index is 1770. The number of amides is 3. The molecule has 41 heavy (non-hydrogen) atoms. The van der Waals surface area contributed by atoms with E-state index in [9.17, 15) is 23.6 Å². The van der Waals surface area contributed by atoms with Crippen molar-refractivity contribution in [2.75, 3.05) is 26.2 Å². The molecular formula is C30H25FN6O4. The molecule has 5 aromatic rings. The Morgan fingerprint density at radius 2 is 1.56 bits per heavy atom. The van der Waals surface area contributed by atoms with Crippen LogP contribution in [0.1, 0.15) is 36.9 Å². The summed E-state index contributed by atoms with van der Waals surface area (Å²) in [6.07, 6.45) is 1.25. The maximum absolute atomic E-state index is 15.0. The molecule has 0 spiro atoms. The van der Waals surface area contributed by atoms with Crippen molar-refractivity contribution in [2.24, 2.45) is 0 Å². The van der Waals surface area contributed by atoms with Crippen LogP contribution in [0.3, 0.4) is 0 Å². The average Bonchev–Trinajstić information content (AvgIpc) is 3.65. The number of Topliss-reactive ketones (excluding diaryl/α,β-unsaturated/α-hetero) is 1. The molecule has 1 saturated heterocycles. The first-order valence-corrected chi connectivity index (χ1v) is 13.1. The van der Waals surface area contributed by atoms with Gasteiger partial charge in [0.05, 0.1) is 34.2 Å². The van der Waals surface area contributed by atoms with Gasteiger partial charge in [0.15, 0.2) is 0 Å². The third-order valence-corrected chi connectivity index (χ3v) is 7.20. The van der Waals surface area contributed by atoms with E-state index < -0.39 is 23.4 Å². The number of hydrogen-bond donors (Lipinski definition) is 3. The van der Waals surface area contributed by atoms with E-state index in [4.69, 9.17) is 0 Å². The zero-order valence-electron chi connectivity index (χ0n) is 21.8. The summed E-state index contributed by atoms with van der Waals surface area (Å²) in [5.41, 5.74) is 2.23. The number of benzene rings is 3. The molecule has 0 bridgehead atoms. The normalized spacial score (nSPS) is 13.5. The van der Waals surface area contributed by atoms with Gasteiger partial charge in [-0.1, -0.05) is 30.3 Å². The van der Waals surface area contributed by atoms with Crippen molar-refractivity contribution in [3.63, 3.8) is 0 Å². The Hall–Kier alpha value is -5.32. The minimum atomic E-state index is -0.891. The van der Waals surface area contributed by atoms with Crippen LogP contribution in [0, 0.1) is 5.82 Å². The van der Waals surface area contributed by atoms with Gasteiger partial charge < -0.3 is 25.1 Å². The highest BCUT2D eigenvalue weighted by Crippen LogP contribution is 2.26. The van der Waals surface area contributed by atoms with Crippen molar-refractivity contribution < 1.29 is 23.6 Å². The standard InChI is InChI=1S/C30H25FN6O4/c31-21-11-10-19(28(39)33-17-24-34-22-8-4-5-9-23(22)35-24)26-25(21)20(16-32-26)27(38)30(41)37-14-12-36(13-15-37)29(40)18-6-2-1-3-7-18/h1-11,16,32H,12-15,17H2,(H,33,39)(H,34,35). The molecule has 10 nitrogen and oxygen atoms in total. The molecule has 0 saturated carbocycles. The zero-order chi connectivity index (χ0) is 28.5. The van der Waals surface area contributed by atoms with E-state index in [2.05, 4.69) is 20.3 Å². The summed E-state index contributed by atoms with van der Waals surface area (Å²) in [5, 5.41) is 2.63. The number of halogens is 1. The van der Waals surface area contributed by atoms with Crippen LogP contribution < -0.4 is 5.32 Å². The molecular weight excluding hydrogens is 527 g/mol. The average molecular weight is 553 g/mol. The third-order valence-electron chi connectivity index (χ3n) is 7.20. The fourth-order valence-corrected chi connectivity index (χ4v) is 5.06. The quantitative estimate of drug-likeness (QED) is 0.220. The molecule has 3 N–H and O–H groups in total. The molecule has 0 unspecified atom stereocenters. The first-order chi connectivity index (χ1) is 19.9. The van der Waals surface area contributed by atoms with Gasteiger partial charge in [0.25, 0.3) is 23.5 Å². The SMILES string of the molecule is O=C(NCc1nc2ccccc2[nH]1)c1ccc(F)c2c(C(=O)C(=O)N3CCN(C(=O)c4ccccc4)CC3)c[nH]c12. The number of imidazole rings is 1. The zero-order valence-corrected chi connectivity index (χ0v) is 21.8. The number of aromatic amines is 2. The van der Waals surface area contributed by atoms with Crippen LogP contribution in [-0.4, -0.2) is 74.4 Å². The van der Waals surface area contributed by atoms with Gasteiger partial charge in [0.1, 0.15) is 11.6 Å². The number of carbonyl (C=O) groups is 4. The van der Waals surface area contributed by atoms with Gasteiger partial charge in [0.2, 0.25) is 0 Å². The minimum Gasteiger partial charge on any atom is -0.360 e. The second-order valence-corrected chi connectivity index (χ2v) is 9.71. The van der Waals surface area contributed by atoms with Crippen molar-refractivity contribution in [2.45, 2.75) is 6.54 Å².